The lowest BCUT2D eigenvalue weighted by atomic mass is 10.2. The Morgan fingerprint density at radius 1 is 1.25 bits per heavy atom. The molecule has 0 saturated carbocycles. The van der Waals surface area contributed by atoms with Gasteiger partial charge in [-0.1, -0.05) is 0 Å². The van der Waals surface area contributed by atoms with Crippen molar-refractivity contribution in [2.75, 3.05) is 13.2 Å². The van der Waals surface area contributed by atoms with Crippen molar-refractivity contribution in [1.82, 2.24) is 5.32 Å². The van der Waals surface area contributed by atoms with Crippen LogP contribution in [0.15, 0.2) is 0 Å². The van der Waals surface area contributed by atoms with Gasteiger partial charge in [-0.2, -0.15) is 0 Å². The molecule has 0 radical (unpaired) electrons. The molecule has 0 aliphatic heterocycles. The molecule has 1 N–H and O–H groups in total. The number of hydrogen-bond acceptors (Lipinski definition) is 4. The van der Waals surface area contributed by atoms with Crippen LogP contribution in [0.25, 0.3) is 0 Å². The standard InChI is InChI=1S/C11H21NO4/c1-11(2,3)16-10(14)12-7-5-4-6-8-15-9-13/h9H,4-8H2,1-3H3,(H,12,14). The Balaban J connectivity index is 3.31. The SMILES string of the molecule is CC(C)(C)OC(=O)NCCCCCOC=O. The van der Waals surface area contributed by atoms with Crippen LogP contribution < -0.4 is 5.32 Å². The third-order valence-electron chi connectivity index (χ3n) is 1.68. The number of unbranched alkanes of at least 4 members (excludes halogenated alkanes) is 2. The minimum absolute atomic E-state index is 0.392. The summed E-state index contributed by atoms with van der Waals surface area (Å²) in [6.45, 7) is 6.93. The van der Waals surface area contributed by atoms with E-state index in [-0.39, 0.29) is 0 Å². The maximum atomic E-state index is 11.2. The highest BCUT2D eigenvalue weighted by atomic mass is 16.6. The van der Waals surface area contributed by atoms with Crippen LogP contribution in [-0.2, 0) is 14.3 Å². The van der Waals surface area contributed by atoms with Gasteiger partial charge in [-0.3, -0.25) is 4.79 Å². The number of rotatable bonds is 7. The molecule has 0 atom stereocenters. The minimum Gasteiger partial charge on any atom is -0.468 e. The smallest absolute Gasteiger partial charge is 0.407 e. The fourth-order valence-electron chi connectivity index (χ4n) is 1.04. The average molecular weight is 231 g/mol. The van der Waals surface area contributed by atoms with E-state index in [1.165, 1.54) is 0 Å². The Hall–Kier alpha value is -1.26. The van der Waals surface area contributed by atoms with Crippen molar-refractivity contribution >= 4 is 12.6 Å². The van der Waals surface area contributed by atoms with Gasteiger partial charge in [0.1, 0.15) is 5.60 Å². The zero-order valence-electron chi connectivity index (χ0n) is 10.2. The van der Waals surface area contributed by atoms with Gasteiger partial charge < -0.3 is 14.8 Å². The van der Waals surface area contributed by atoms with Gasteiger partial charge >= 0.3 is 6.09 Å². The van der Waals surface area contributed by atoms with Gasteiger partial charge in [0, 0.05) is 6.54 Å². The van der Waals surface area contributed by atoms with Crippen molar-refractivity contribution in [2.45, 2.75) is 45.6 Å². The zero-order valence-corrected chi connectivity index (χ0v) is 10.2. The summed E-state index contributed by atoms with van der Waals surface area (Å²) in [6, 6.07) is 0. The zero-order chi connectivity index (χ0) is 12.4. The molecule has 0 spiro atoms. The van der Waals surface area contributed by atoms with Crippen molar-refractivity contribution in [3.8, 4) is 0 Å². The van der Waals surface area contributed by atoms with Gasteiger partial charge in [0.2, 0.25) is 0 Å². The van der Waals surface area contributed by atoms with Crippen LogP contribution in [0.3, 0.4) is 0 Å². The summed E-state index contributed by atoms with van der Waals surface area (Å²) in [6.07, 6.45) is 2.18. The summed E-state index contributed by atoms with van der Waals surface area (Å²) in [7, 11) is 0. The molecule has 0 unspecified atom stereocenters. The molecule has 0 aromatic heterocycles. The lowest BCUT2D eigenvalue weighted by Gasteiger charge is -2.19. The molecular weight excluding hydrogens is 210 g/mol. The number of carbonyl (C=O) groups is 2. The van der Waals surface area contributed by atoms with Crippen LogP contribution in [0, 0.1) is 0 Å². The molecule has 0 saturated heterocycles. The van der Waals surface area contributed by atoms with Crippen LogP contribution in [0.4, 0.5) is 4.79 Å². The molecule has 1 amide bonds. The highest BCUT2D eigenvalue weighted by molar-refractivity contribution is 5.67. The lowest BCUT2D eigenvalue weighted by Crippen LogP contribution is -2.33. The predicted molar refractivity (Wildman–Crippen MR) is 60.1 cm³/mol. The summed E-state index contributed by atoms with van der Waals surface area (Å²) >= 11 is 0. The largest absolute Gasteiger partial charge is 0.468 e. The van der Waals surface area contributed by atoms with Crippen molar-refractivity contribution in [3.05, 3.63) is 0 Å². The summed E-state index contributed by atoms with van der Waals surface area (Å²) in [5, 5.41) is 2.66. The van der Waals surface area contributed by atoms with Gasteiger partial charge in [-0.15, -0.1) is 0 Å². The molecule has 0 rings (SSSR count). The van der Waals surface area contributed by atoms with E-state index in [1.807, 2.05) is 20.8 Å². The number of alkyl carbamates (subject to hydrolysis) is 1. The monoisotopic (exact) mass is 231 g/mol. The number of amides is 1. The number of hydrogen-bond donors (Lipinski definition) is 1. The van der Waals surface area contributed by atoms with E-state index in [9.17, 15) is 9.59 Å². The van der Waals surface area contributed by atoms with Crippen molar-refractivity contribution < 1.29 is 19.1 Å². The van der Waals surface area contributed by atoms with Gasteiger partial charge in [-0.05, 0) is 40.0 Å². The van der Waals surface area contributed by atoms with Crippen LogP contribution in [0.5, 0.6) is 0 Å². The normalized spacial score (nSPS) is 10.7. The summed E-state index contributed by atoms with van der Waals surface area (Å²) in [5.74, 6) is 0. The van der Waals surface area contributed by atoms with Crippen molar-refractivity contribution in [2.24, 2.45) is 0 Å². The first-order valence-corrected chi connectivity index (χ1v) is 5.48. The molecule has 0 aromatic carbocycles. The molecular formula is C11H21NO4. The summed E-state index contributed by atoms with van der Waals surface area (Å²) in [5.41, 5.74) is -0.456. The van der Waals surface area contributed by atoms with E-state index in [0.717, 1.165) is 19.3 Å². The average Bonchev–Trinajstić information content (AvgIpc) is 2.13. The van der Waals surface area contributed by atoms with Crippen LogP contribution in [-0.4, -0.2) is 31.3 Å². The van der Waals surface area contributed by atoms with Crippen molar-refractivity contribution in [3.63, 3.8) is 0 Å². The number of carbonyl (C=O) groups excluding carboxylic acids is 2. The summed E-state index contributed by atoms with van der Waals surface area (Å²) in [4.78, 5) is 21.0. The predicted octanol–water partition coefficient (Wildman–Crippen LogP) is 1.85. The van der Waals surface area contributed by atoms with E-state index in [2.05, 4.69) is 10.1 Å². The molecule has 0 aliphatic rings. The second kappa shape index (κ2) is 7.96. The Labute approximate surface area is 96.5 Å². The first-order valence-electron chi connectivity index (χ1n) is 5.48. The third kappa shape index (κ3) is 10.8. The maximum Gasteiger partial charge on any atom is 0.407 e. The second-order valence-corrected chi connectivity index (χ2v) is 4.46. The topological polar surface area (TPSA) is 64.6 Å². The minimum atomic E-state index is -0.456. The molecule has 5 nitrogen and oxygen atoms in total. The van der Waals surface area contributed by atoms with Crippen LogP contribution in [0.1, 0.15) is 40.0 Å². The van der Waals surface area contributed by atoms with E-state index < -0.39 is 11.7 Å². The molecule has 0 aromatic rings. The Morgan fingerprint density at radius 3 is 2.50 bits per heavy atom. The molecule has 16 heavy (non-hydrogen) atoms. The number of ether oxygens (including phenoxy) is 2. The lowest BCUT2D eigenvalue weighted by molar-refractivity contribution is -0.128. The highest BCUT2D eigenvalue weighted by Crippen LogP contribution is 2.06. The van der Waals surface area contributed by atoms with Gasteiger partial charge in [-0.25, -0.2) is 4.79 Å². The molecule has 94 valence electrons. The highest BCUT2D eigenvalue weighted by Gasteiger charge is 2.15. The second-order valence-electron chi connectivity index (χ2n) is 4.46. The first kappa shape index (κ1) is 14.7. The molecule has 5 heteroatoms. The van der Waals surface area contributed by atoms with E-state index >= 15 is 0 Å². The Kier molecular flexibility index (Phi) is 7.33. The van der Waals surface area contributed by atoms with Crippen LogP contribution >= 0.6 is 0 Å². The van der Waals surface area contributed by atoms with Crippen LogP contribution in [0.2, 0.25) is 0 Å². The van der Waals surface area contributed by atoms with E-state index in [0.29, 0.717) is 19.6 Å². The fourth-order valence-corrected chi connectivity index (χ4v) is 1.04. The maximum absolute atomic E-state index is 11.2. The quantitative estimate of drug-likeness (QED) is 0.536. The number of nitrogens with one attached hydrogen (secondary N) is 1. The molecule has 0 fully saturated rings. The van der Waals surface area contributed by atoms with E-state index in [4.69, 9.17) is 4.74 Å². The molecule has 0 aliphatic carbocycles. The molecule has 0 bridgehead atoms. The summed E-state index contributed by atoms with van der Waals surface area (Å²) < 4.78 is 9.60. The third-order valence-corrected chi connectivity index (χ3v) is 1.68. The Bertz CT molecular complexity index is 211. The van der Waals surface area contributed by atoms with Gasteiger partial charge in [0.15, 0.2) is 0 Å². The van der Waals surface area contributed by atoms with Crippen molar-refractivity contribution in [1.29, 1.82) is 0 Å². The fraction of sp³-hybridized carbons (Fsp3) is 0.818. The molecule has 0 heterocycles. The first-order chi connectivity index (χ1) is 7.45. The van der Waals surface area contributed by atoms with Gasteiger partial charge in [0.05, 0.1) is 6.61 Å². The van der Waals surface area contributed by atoms with Gasteiger partial charge in [0.25, 0.3) is 6.47 Å². The Morgan fingerprint density at radius 2 is 1.94 bits per heavy atom. The van der Waals surface area contributed by atoms with E-state index in [1.54, 1.807) is 0 Å².